The Morgan fingerprint density at radius 2 is 0.402 bits per heavy atom. The maximum atomic E-state index is 6.31. The van der Waals surface area contributed by atoms with Crippen LogP contribution < -0.4 is 0 Å². The molecule has 2 aliphatic heterocycles. The molecule has 2 N–H and O–H groups in total. The van der Waals surface area contributed by atoms with Gasteiger partial charge in [-0.05, 0) is 119 Å². The van der Waals surface area contributed by atoms with Crippen LogP contribution in [0.3, 0.4) is 0 Å². The topological polar surface area (TPSA) is 56.3 Å². The van der Waals surface area contributed by atoms with Gasteiger partial charge in [-0.15, -0.1) is 0 Å². The number of aromatic nitrogens is 2. The van der Waals surface area contributed by atoms with Gasteiger partial charge in [-0.1, -0.05) is 362 Å². The van der Waals surface area contributed by atoms with E-state index in [0.717, 1.165) is 66.8 Å². The first kappa shape index (κ1) is 69.1. The van der Waals surface area contributed by atoms with E-state index in [2.05, 4.69) is 202 Å². The molecule has 4 heteroatoms. The molecule has 14 aromatic rings. The molecule has 4 nitrogen and oxygen atoms in total. The molecule has 0 saturated carbocycles. The number of benzene rings is 12. The first-order valence-corrected chi connectivity index (χ1v) is 37.1. The minimum atomic E-state index is -0.792. The normalized spacial score (nSPS) is 14.9. The van der Waals surface area contributed by atoms with Crippen LogP contribution in [-0.4, -0.2) is 21.4 Å². The fourth-order valence-electron chi connectivity index (χ4n) is 14.1. The van der Waals surface area contributed by atoms with Crippen LogP contribution in [-0.2, 0) is 0 Å². The quantitative estimate of drug-likeness (QED) is 0.165. The third kappa shape index (κ3) is 15.1. The summed E-state index contributed by atoms with van der Waals surface area (Å²) in [7, 11) is 0. The van der Waals surface area contributed by atoms with Crippen molar-refractivity contribution >= 4 is 22.6 Å². The Bertz CT molecular complexity index is 6260. The Kier molecular flexibility index (Phi) is 20.2. The van der Waals surface area contributed by atoms with E-state index in [-0.39, 0.29) is 0 Å². The summed E-state index contributed by atoms with van der Waals surface area (Å²) in [4.78, 5) is 21.2. The predicted molar refractivity (Wildman–Crippen MR) is 455 cm³/mol. The van der Waals surface area contributed by atoms with Crippen molar-refractivity contribution in [2.24, 2.45) is 9.98 Å². The lowest BCUT2D eigenvalue weighted by Gasteiger charge is -2.19. The van der Waals surface area contributed by atoms with E-state index in [1.54, 1.807) is 0 Å². The molecule has 0 unspecified atom stereocenters. The van der Waals surface area contributed by atoms with Gasteiger partial charge in [0, 0.05) is 67.0 Å². The number of hydrogen-bond acceptors (Lipinski definition) is 2. The van der Waals surface area contributed by atoms with E-state index in [0.29, 0.717) is 101 Å². The molecule has 0 radical (unpaired) electrons. The Labute approximate surface area is 654 Å². The Morgan fingerprint density at radius 3 is 0.652 bits per heavy atom. The molecule has 17 rings (SSSR count). The molecular formula is C108H64N4. The smallest absolute Gasteiger partial charge is 0.0903 e. The Morgan fingerprint density at radius 1 is 0.196 bits per heavy atom. The van der Waals surface area contributed by atoms with E-state index >= 15 is 0 Å². The SMILES string of the molecule is C(#Cc1ccccc1)C1=C(C#Cc2ccccc2)/C2=C(\c3ccccc3)c3[nH]c(c(C#Cc4ccccc4)c3C#Cc3ccccc3)[C@@H](c3ccccc3)C3=N/C(=C(/c4ccccc4)c4[nH]c(c(C#Cc5ccccc5)c4C#Cc4ccccc4)[C@H](c4ccccc4)C1=N2)C(C#Cc1ccccc1)=C3C#Cc1ccccc1. The van der Waals surface area contributed by atoms with Gasteiger partial charge in [-0.2, -0.15) is 0 Å². The lowest BCUT2D eigenvalue weighted by atomic mass is 9.84. The van der Waals surface area contributed by atoms with Gasteiger partial charge in [0.2, 0.25) is 0 Å². The zero-order chi connectivity index (χ0) is 75.0. The van der Waals surface area contributed by atoms with Gasteiger partial charge >= 0.3 is 0 Å². The van der Waals surface area contributed by atoms with Crippen molar-refractivity contribution in [2.75, 3.05) is 0 Å². The van der Waals surface area contributed by atoms with E-state index < -0.39 is 11.8 Å². The van der Waals surface area contributed by atoms with Crippen LogP contribution in [0.2, 0.25) is 0 Å². The highest BCUT2D eigenvalue weighted by molar-refractivity contribution is 6.18. The zero-order valence-corrected chi connectivity index (χ0v) is 60.7. The summed E-state index contributed by atoms with van der Waals surface area (Å²) in [5.74, 6) is 58.7. The number of allylic oxidation sites excluding steroid dienone is 4. The molecular weight excluding hydrogens is 1350 g/mol. The minimum Gasteiger partial charge on any atom is -0.355 e. The molecule has 0 spiro atoms. The van der Waals surface area contributed by atoms with Crippen molar-refractivity contribution in [1.82, 2.24) is 9.97 Å². The first-order valence-electron chi connectivity index (χ1n) is 37.1. The molecule has 4 heterocycles. The fourth-order valence-corrected chi connectivity index (χ4v) is 14.1. The summed E-state index contributed by atoms with van der Waals surface area (Å²) in [5.41, 5.74) is 21.1. The number of fused-ring (bicyclic) bond motifs is 10. The van der Waals surface area contributed by atoms with Gasteiger partial charge in [-0.25, -0.2) is 9.98 Å². The fraction of sp³-hybridized carbons (Fsp3) is 0.0185. The van der Waals surface area contributed by atoms with Crippen LogP contribution in [0.25, 0.3) is 11.1 Å². The van der Waals surface area contributed by atoms with Gasteiger partial charge in [0.05, 0.1) is 90.6 Å². The van der Waals surface area contributed by atoms with Crippen LogP contribution in [0.15, 0.2) is 408 Å². The number of aromatic amines is 2. The third-order valence-electron chi connectivity index (χ3n) is 19.3. The number of hydrogen-bond donors (Lipinski definition) is 2. The predicted octanol–water partition coefficient (Wildman–Crippen LogP) is 21.1. The molecule has 2 atom stereocenters. The third-order valence-corrected chi connectivity index (χ3v) is 19.3. The van der Waals surface area contributed by atoms with Crippen LogP contribution in [0.1, 0.15) is 124 Å². The molecule has 1 aliphatic carbocycles. The second-order valence-electron chi connectivity index (χ2n) is 26.6. The molecule has 0 amide bonds. The highest BCUT2D eigenvalue weighted by Gasteiger charge is 2.41. The Balaban J connectivity index is 1.15. The van der Waals surface area contributed by atoms with Crippen LogP contribution in [0, 0.1) is 94.7 Å². The summed E-state index contributed by atoms with van der Waals surface area (Å²) < 4.78 is 0. The van der Waals surface area contributed by atoms with E-state index in [1.807, 2.05) is 267 Å². The first-order chi connectivity index (χ1) is 55.6. The largest absolute Gasteiger partial charge is 0.355 e. The number of aliphatic imine (C=N–C) groups is 2. The minimum absolute atomic E-state index is 0.551. The summed E-state index contributed by atoms with van der Waals surface area (Å²) in [6.45, 7) is 0. The number of rotatable bonds is 4. The summed E-state index contributed by atoms with van der Waals surface area (Å²) in [6, 6.07) is 123. The van der Waals surface area contributed by atoms with Gasteiger partial charge < -0.3 is 9.97 Å². The van der Waals surface area contributed by atoms with Crippen LogP contribution in [0.5, 0.6) is 0 Å². The number of nitrogens with zero attached hydrogens (tertiary/aromatic N) is 2. The maximum absolute atomic E-state index is 6.31. The van der Waals surface area contributed by atoms with Crippen molar-refractivity contribution in [1.29, 1.82) is 0 Å². The molecule has 0 fully saturated rings. The number of nitrogens with one attached hydrogen (secondary N) is 2. The van der Waals surface area contributed by atoms with Crippen molar-refractivity contribution in [3.8, 4) is 94.7 Å². The lowest BCUT2D eigenvalue weighted by Crippen LogP contribution is -2.17. The maximum Gasteiger partial charge on any atom is 0.0903 e. The van der Waals surface area contributed by atoms with Crippen molar-refractivity contribution in [2.45, 2.75) is 11.8 Å². The summed E-state index contributed by atoms with van der Waals surface area (Å²) in [6.07, 6.45) is 0. The van der Waals surface area contributed by atoms with E-state index in [9.17, 15) is 0 Å². The monoisotopic (exact) mass is 1420 g/mol. The zero-order valence-electron chi connectivity index (χ0n) is 60.7. The summed E-state index contributed by atoms with van der Waals surface area (Å²) in [5, 5.41) is 0. The summed E-state index contributed by atoms with van der Waals surface area (Å²) >= 11 is 0. The second-order valence-corrected chi connectivity index (χ2v) is 26.6. The van der Waals surface area contributed by atoms with Crippen LogP contribution in [0.4, 0.5) is 0 Å². The molecule has 3 aliphatic rings. The molecule has 8 bridgehead atoms. The molecule has 0 saturated heterocycles. The average molecular weight is 1420 g/mol. The van der Waals surface area contributed by atoms with Gasteiger partial charge in [0.1, 0.15) is 0 Å². The molecule has 12 aromatic carbocycles. The standard InChI is InChI=1S/C108H64N4/c1-13-37-77(38-14-1)61-69-89-90(70-62-78-39-15-2-16-40-78)102-98(86-55-31-10-32-56-86)104-93(73-65-81-45-21-5-22-46-81)94(74-66-82-47-23-6-24-48-82)106(111-104)100(88-59-35-12-36-60-88)108-96(76-68-84-51-27-8-28-52-84)95(75-67-83-49-25-7-26-50-83)107(112-108)99(87-57-33-11-34-58-87)105-92(72-64-80-43-19-4-20-44-80)91(71-63-79-41-17-3-18-42-79)103(110-105)97(101(89)109-102)85-53-29-9-30-54-85/h1-60,97,100,109,112H/b104-98-,105-99-/t97-,100-. The van der Waals surface area contributed by atoms with E-state index in [4.69, 9.17) is 9.98 Å². The van der Waals surface area contributed by atoms with Crippen LogP contribution >= 0.6 is 0 Å². The van der Waals surface area contributed by atoms with Gasteiger partial charge in [0.15, 0.2) is 0 Å². The lowest BCUT2D eigenvalue weighted by molar-refractivity contribution is 1.00. The molecule has 2 aromatic heterocycles. The number of H-pyrrole nitrogens is 2. The van der Waals surface area contributed by atoms with Crippen molar-refractivity contribution < 1.29 is 0 Å². The Hall–Kier alpha value is -16.0. The van der Waals surface area contributed by atoms with Crippen molar-refractivity contribution in [3.63, 3.8) is 0 Å². The van der Waals surface area contributed by atoms with Gasteiger partial charge in [-0.3, -0.25) is 0 Å². The molecule has 112 heavy (non-hydrogen) atoms. The highest BCUT2D eigenvalue weighted by Crippen LogP contribution is 2.48. The molecule has 516 valence electrons. The average Bonchev–Trinajstić information content (AvgIpc) is 1.56. The van der Waals surface area contributed by atoms with Gasteiger partial charge in [0.25, 0.3) is 0 Å². The van der Waals surface area contributed by atoms with E-state index in [1.165, 1.54) is 0 Å². The van der Waals surface area contributed by atoms with Crippen molar-refractivity contribution in [3.05, 3.63) is 509 Å². The second kappa shape index (κ2) is 32.8. The highest BCUT2D eigenvalue weighted by atomic mass is 14.9.